The van der Waals surface area contributed by atoms with E-state index in [0.717, 1.165) is 5.56 Å². The van der Waals surface area contributed by atoms with Crippen LogP contribution in [0.1, 0.15) is 55.6 Å². The molecule has 5 heteroatoms. The van der Waals surface area contributed by atoms with E-state index in [4.69, 9.17) is 13.9 Å². The molecular weight excluding hydrogens is 318 g/mol. The molecule has 1 aromatic carbocycles. The largest absolute Gasteiger partial charge is 0.490 e. The summed E-state index contributed by atoms with van der Waals surface area (Å²) in [6.07, 6.45) is 0. The highest BCUT2D eigenvalue weighted by atomic mass is 16.5. The fraction of sp³-hybridized carbons (Fsp3) is 0.450. The minimum Gasteiger partial charge on any atom is -0.490 e. The Morgan fingerprint density at radius 1 is 1.08 bits per heavy atom. The van der Waals surface area contributed by atoms with Gasteiger partial charge >= 0.3 is 0 Å². The van der Waals surface area contributed by atoms with E-state index in [1.165, 1.54) is 0 Å². The Morgan fingerprint density at radius 2 is 1.76 bits per heavy atom. The number of hydrogen-bond acceptors (Lipinski definition) is 4. The van der Waals surface area contributed by atoms with E-state index < -0.39 is 0 Å². The zero-order valence-electron chi connectivity index (χ0n) is 15.6. The molecule has 0 aliphatic heterocycles. The molecule has 0 radical (unpaired) electrons. The van der Waals surface area contributed by atoms with Gasteiger partial charge in [0.1, 0.15) is 5.76 Å². The minimum atomic E-state index is -0.223. The van der Waals surface area contributed by atoms with E-state index >= 15 is 0 Å². The SMILES string of the molecule is CCOc1ccc(C(NC(=O)c2ccc(C)o2)C(C)C)cc1OCC. The van der Waals surface area contributed by atoms with Crippen molar-refractivity contribution in [3.05, 3.63) is 47.4 Å². The van der Waals surface area contributed by atoms with Gasteiger partial charge in [0.05, 0.1) is 19.3 Å². The first-order valence-corrected chi connectivity index (χ1v) is 8.73. The van der Waals surface area contributed by atoms with E-state index in [0.29, 0.717) is 36.2 Å². The van der Waals surface area contributed by atoms with Gasteiger partial charge in [-0.1, -0.05) is 19.9 Å². The number of rotatable bonds is 8. The molecule has 0 bridgehead atoms. The second kappa shape index (κ2) is 8.60. The lowest BCUT2D eigenvalue weighted by atomic mass is 9.95. The summed E-state index contributed by atoms with van der Waals surface area (Å²) in [6.45, 7) is 10.9. The molecular formula is C20H27NO4. The number of furan rings is 1. The van der Waals surface area contributed by atoms with Crippen LogP contribution in [0, 0.1) is 12.8 Å². The second-order valence-electron chi connectivity index (χ2n) is 6.18. The van der Waals surface area contributed by atoms with Crippen LogP contribution in [-0.4, -0.2) is 19.1 Å². The maximum Gasteiger partial charge on any atom is 0.287 e. The summed E-state index contributed by atoms with van der Waals surface area (Å²) in [5, 5.41) is 3.05. The summed E-state index contributed by atoms with van der Waals surface area (Å²) in [6, 6.07) is 9.10. The predicted octanol–water partition coefficient (Wildman–Crippen LogP) is 4.51. The molecule has 0 aliphatic carbocycles. The second-order valence-corrected chi connectivity index (χ2v) is 6.18. The van der Waals surface area contributed by atoms with Crippen molar-refractivity contribution in [2.45, 2.75) is 40.7 Å². The Kier molecular flexibility index (Phi) is 6.51. The molecule has 2 rings (SSSR count). The third-order valence-corrected chi connectivity index (χ3v) is 3.84. The highest BCUT2D eigenvalue weighted by molar-refractivity contribution is 5.91. The molecule has 2 aromatic rings. The minimum absolute atomic E-state index is 0.159. The third kappa shape index (κ3) is 4.78. The molecule has 1 N–H and O–H groups in total. The molecule has 0 fully saturated rings. The van der Waals surface area contributed by atoms with Gasteiger partial charge in [-0.3, -0.25) is 4.79 Å². The summed E-state index contributed by atoms with van der Waals surface area (Å²) in [4.78, 5) is 12.5. The highest BCUT2D eigenvalue weighted by Gasteiger charge is 2.22. The Balaban J connectivity index is 2.27. The maximum atomic E-state index is 12.5. The smallest absolute Gasteiger partial charge is 0.287 e. The Morgan fingerprint density at radius 3 is 2.32 bits per heavy atom. The molecule has 0 aliphatic rings. The van der Waals surface area contributed by atoms with Crippen LogP contribution in [-0.2, 0) is 0 Å². The van der Waals surface area contributed by atoms with Gasteiger partial charge in [-0.25, -0.2) is 0 Å². The summed E-state index contributed by atoms with van der Waals surface area (Å²) in [5.41, 5.74) is 0.971. The van der Waals surface area contributed by atoms with E-state index in [-0.39, 0.29) is 17.9 Å². The van der Waals surface area contributed by atoms with Crippen molar-refractivity contribution in [2.75, 3.05) is 13.2 Å². The third-order valence-electron chi connectivity index (χ3n) is 3.84. The standard InChI is InChI=1S/C20H27NO4/c1-6-23-16-11-9-15(12-18(16)24-7-2)19(13(3)4)21-20(22)17-10-8-14(5)25-17/h8-13,19H,6-7H2,1-5H3,(H,21,22). The number of carbonyl (C=O) groups is 1. The molecule has 1 heterocycles. The first-order chi connectivity index (χ1) is 12.0. The molecule has 25 heavy (non-hydrogen) atoms. The fourth-order valence-electron chi connectivity index (χ4n) is 2.66. The normalized spacial score (nSPS) is 12.1. The lowest BCUT2D eigenvalue weighted by Gasteiger charge is -2.23. The maximum absolute atomic E-state index is 12.5. The van der Waals surface area contributed by atoms with E-state index in [2.05, 4.69) is 19.2 Å². The van der Waals surface area contributed by atoms with Crippen molar-refractivity contribution in [3.63, 3.8) is 0 Å². The molecule has 1 atom stereocenters. The summed E-state index contributed by atoms with van der Waals surface area (Å²) in [5.74, 6) is 2.41. The lowest BCUT2D eigenvalue weighted by molar-refractivity contribution is 0.0896. The van der Waals surface area contributed by atoms with E-state index in [9.17, 15) is 4.79 Å². The predicted molar refractivity (Wildman–Crippen MR) is 97.3 cm³/mol. The van der Waals surface area contributed by atoms with Crippen LogP contribution in [0.25, 0.3) is 0 Å². The van der Waals surface area contributed by atoms with Gasteiger partial charge in [0.15, 0.2) is 17.3 Å². The van der Waals surface area contributed by atoms with Crippen LogP contribution in [0.3, 0.4) is 0 Å². The van der Waals surface area contributed by atoms with Gasteiger partial charge in [0.25, 0.3) is 5.91 Å². The van der Waals surface area contributed by atoms with Gasteiger partial charge in [-0.2, -0.15) is 0 Å². The number of ether oxygens (including phenoxy) is 2. The Bertz CT molecular complexity index is 705. The molecule has 136 valence electrons. The van der Waals surface area contributed by atoms with Crippen molar-refractivity contribution in [2.24, 2.45) is 5.92 Å². The number of benzene rings is 1. The monoisotopic (exact) mass is 345 g/mol. The van der Waals surface area contributed by atoms with Gasteiger partial charge in [-0.05, 0) is 56.5 Å². The first kappa shape index (κ1) is 18.9. The number of hydrogen-bond donors (Lipinski definition) is 1. The van der Waals surface area contributed by atoms with Gasteiger partial charge in [0.2, 0.25) is 0 Å². The van der Waals surface area contributed by atoms with Crippen LogP contribution in [0.5, 0.6) is 11.5 Å². The summed E-state index contributed by atoms with van der Waals surface area (Å²) < 4.78 is 16.7. The molecule has 1 amide bonds. The fourth-order valence-corrected chi connectivity index (χ4v) is 2.66. The van der Waals surface area contributed by atoms with Crippen molar-refractivity contribution < 1.29 is 18.7 Å². The van der Waals surface area contributed by atoms with Gasteiger partial charge in [-0.15, -0.1) is 0 Å². The van der Waals surface area contributed by atoms with E-state index in [1.807, 2.05) is 39.0 Å². The van der Waals surface area contributed by atoms with Gasteiger partial charge in [0, 0.05) is 0 Å². The van der Waals surface area contributed by atoms with E-state index in [1.54, 1.807) is 12.1 Å². The molecule has 1 aromatic heterocycles. The summed E-state index contributed by atoms with van der Waals surface area (Å²) in [7, 11) is 0. The van der Waals surface area contributed by atoms with Crippen LogP contribution >= 0.6 is 0 Å². The number of nitrogens with one attached hydrogen (secondary N) is 1. The molecule has 0 saturated carbocycles. The Labute approximate surface area is 149 Å². The molecule has 0 saturated heterocycles. The number of aryl methyl sites for hydroxylation is 1. The van der Waals surface area contributed by atoms with Crippen LogP contribution < -0.4 is 14.8 Å². The lowest BCUT2D eigenvalue weighted by Crippen LogP contribution is -2.31. The molecule has 5 nitrogen and oxygen atoms in total. The first-order valence-electron chi connectivity index (χ1n) is 8.73. The van der Waals surface area contributed by atoms with Gasteiger partial charge < -0.3 is 19.2 Å². The average molecular weight is 345 g/mol. The summed E-state index contributed by atoms with van der Waals surface area (Å²) >= 11 is 0. The quantitative estimate of drug-likeness (QED) is 0.764. The molecule has 0 spiro atoms. The topological polar surface area (TPSA) is 60.7 Å². The van der Waals surface area contributed by atoms with Crippen LogP contribution in [0.15, 0.2) is 34.7 Å². The molecule has 1 unspecified atom stereocenters. The van der Waals surface area contributed by atoms with Crippen LogP contribution in [0.4, 0.5) is 0 Å². The number of carbonyl (C=O) groups excluding carboxylic acids is 1. The van der Waals surface area contributed by atoms with Crippen molar-refractivity contribution in [1.29, 1.82) is 0 Å². The van der Waals surface area contributed by atoms with Crippen molar-refractivity contribution in [1.82, 2.24) is 5.32 Å². The van der Waals surface area contributed by atoms with Crippen molar-refractivity contribution >= 4 is 5.91 Å². The zero-order chi connectivity index (χ0) is 18.4. The van der Waals surface area contributed by atoms with Crippen molar-refractivity contribution in [3.8, 4) is 11.5 Å². The highest BCUT2D eigenvalue weighted by Crippen LogP contribution is 2.33. The Hall–Kier alpha value is -2.43. The zero-order valence-corrected chi connectivity index (χ0v) is 15.6. The average Bonchev–Trinajstić information content (AvgIpc) is 3.01. The number of amides is 1. The van der Waals surface area contributed by atoms with Crippen LogP contribution in [0.2, 0.25) is 0 Å².